The molecule has 1 fully saturated rings. The molecule has 24 heavy (non-hydrogen) atoms. The zero-order chi connectivity index (χ0) is 16.8. The molecule has 2 aromatic rings. The van der Waals surface area contributed by atoms with Gasteiger partial charge in [-0.2, -0.15) is 0 Å². The minimum atomic E-state index is 0.00439. The Morgan fingerprint density at radius 2 is 1.75 bits per heavy atom. The highest BCUT2D eigenvalue weighted by atomic mass is 32.2. The van der Waals surface area contributed by atoms with Crippen molar-refractivity contribution >= 4 is 29.0 Å². The summed E-state index contributed by atoms with van der Waals surface area (Å²) in [5, 5.41) is 2.95. The number of ether oxygens (including phenoxy) is 1. The lowest BCUT2D eigenvalue weighted by molar-refractivity contribution is -0.113. The van der Waals surface area contributed by atoms with Gasteiger partial charge >= 0.3 is 0 Å². The van der Waals surface area contributed by atoms with Crippen LogP contribution in [0.2, 0.25) is 0 Å². The molecule has 0 atom stereocenters. The predicted molar refractivity (Wildman–Crippen MR) is 100 cm³/mol. The molecule has 5 heteroatoms. The Bertz CT molecular complexity index is 665. The fourth-order valence-electron chi connectivity index (χ4n) is 2.75. The van der Waals surface area contributed by atoms with Crippen molar-refractivity contribution in [2.45, 2.75) is 17.7 Å². The van der Waals surface area contributed by atoms with Crippen LogP contribution in [0.5, 0.6) is 5.75 Å². The van der Waals surface area contributed by atoms with Gasteiger partial charge in [0.2, 0.25) is 5.91 Å². The van der Waals surface area contributed by atoms with Crippen LogP contribution in [0.15, 0.2) is 53.4 Å². The maximum absolute atomic E-state index is 12.1. The van der Waals surface area contributed by atoms with Crippen LogP contribution in [-0.4, -0.2) is 31.9 Å². The molecule has 3 rings (SSSR count). The van der Waals surface area contributed by atoms with Gasteiger partial charge < -0.3 is 15.0 Å². The van der Waals surface area contributed by atoms with Crippen LogP contribution in [0.1, 0.15) is 12.8 Å². The smallest absolute Gasteiger partial charge is 0.234 e. The molecule has 1 amide bonds. The molecule has 0 aliphatic carbocycles. The molecule has 0 aromatic heterocycles. The van der Waals surface area contributed by atoms with E-state index in [-0.39, 0.29) is 5.91 Å². The van der Waals surface area contributed by atoms with Crippen molar-refractivity contribution in [3.05, 3.63) is 48.5 Å². The second kappa shape index (κ2) is 8.11. The van der Waals surface area contributed by atoms with E-state index in [0.29, 0.717) is 5.75 Å². The van der Waals surface area contributed by atoms with Crippen molar-refractivity contribution in [3.63, 3.8) is 0 Å². The fraction of sp³-hybridized carbons (Fsp3) is 0.316. The molecule has 0 bridgehead atoms. The topological polar surface area (TPSA) is 41.6 Å². The van der Waals surface area contributed by atoms with Crippen LogP contribution in [0.4, 0.5) is 11.4 Å². The van der Waals surface area contributed by atoms with E-state index >= 15 is 0 Å². The third-order valence-corrected chi connectivity index (χ3v) is 5.06. The average molecular weight is 342 g/mol. The lowest BCUT2D eigenvalue weighted by Crippen LogP contribution is -2.18. The number of thioether (sulfide) groups is 1. The third kappa shape index (κ3) is 4.45. The number of rotatable bonds is 6. The second-order valence-corrected chi connectivity index (χ2v) is 6.80. The summed E-state index contributed by atoms with van der Waals surface area (Å²) in [5.74, 6) is 1.21. The molecule has 1 aliphatic heterocycles. The van der Waals surface area contributed by atoms with Gasteiger partial charge in [-0.15, -0.1) is 11.8 Å². The molecular formula is C19H22N2O2S. The van der Waals surface area contributed by atoms with Crippen molar-refractivity contribution in [1.29, 1.82) is 0 Å². The van der Waals surface area contributed by atoms with E-state index in [1.165, 1.54) is 30.3 Å². The number of hydrogen-bond acceptors (Lipinski definition) is 4. The van der Waals surface area contributed by atoms with Gasteiger partial charge in [-0.1, -0.05) is 0 Å². The molecule has 0 radical (unpaired) electrons. The molecule has 0 saturated carbocycles. The Morgan fingerprint density at radius 3 is 2.38 bits per heavy atom. The monoisotopic (exact) mass is 342 g/mol. The molecule has 1 aliphatic rings. The van der Waals surface area contributed by atoms with E-state index in [1.807, 2.05) is 36.4 Å². The lowest BCUT2D eigenvalue weighted by Gasteiger charge is -2.17. The van der Waals surface area contributed by atoms with Gasteiger partial charge in [0.1, 0.15) is 5.75 Å². The third-order valence-electron chi connectivity index (χ3n) is 4.05. The number of anilines is 2. The lowest BCUT2D eigenvalue weighted by atomic mass is 10.2. The molecule has 1 N–H and O–H groups in total. The Labute approximate surface area is 147 Å². The number of benzene rings is 2. The van der Waals surface area contributed by atoms with Gasteiger partial charge in [-0.25, -0.2) is 0 Å². The largest absolute Gasteiger partial charge is 0.497 e. The average Bonchev–Trinajstić information content (AvgIpc) is 3.16. The van der Waals surface area contributed by atoms with Crippen LogP contribution in [0.25, 0.3) is 0 Å². The molecule has 0 spiro atoms. The Hall–Kier alpha value is -2.14. The highest BCUT2D eigenvalue weighted by Crippen LogP contribution is 2.23. The zero-order valence-corrected chi connectivity index (χ0v) is 14.6. The van der Waals surface area contributed by atoms with E-state index in [1.54, 1.807) is 7.11 Å². The minimum absolute atomic E-state index is 0.00439. The molecule has 0 unspecified atom stereocenters. The van der Waals surface area contributed by atoms with Crippen molar-refractivity contribution in [2.75, 3.05) is 36.2 Å². The highest BCUT2D eigenvalue weighted by Gasteiger charge is 2.12. The predicted octanol–water partition coefficient (Wildman–Crippen LogP) is 4.03. The standard InChI is InChI=1S/C19H22N2O2S/c1-23-17-8-10-18(11-9-17)24-14-19(22)20-15-4-6-16(7-5-15)21-12-2-3-13-21/h4-11H,2-3,12-14H2,1H3,(H,20,22). The summed E-state index contributed by atoms with van der Waals surface area (Å²) >= 11 is 1.51. The minimum Gasteiger partial charge on any atom is -0.497 e. The van der Waals surface area contributed by atoms with Gasteiger partial charge in [-0.3, -0.25) is 4.79 Å². The molecule has 1 heterocycles. The van der Waals surface area contributed by atoms with Gasteiger partial charge in [0.25, 0.3) is 0 Å². The van der Waals surface area contributed by atoms with E-state index in [9.17, 15) is 4.79 Å². The summed E-state index contributed by atoms with van der Waals surface area (Å²) in [6.07, 6.45) is 2.53. The summed E-state index contributed by atoms with van der Waals surface area (Å²) in [7, 11) is 1.64. The maximum Gasteiger partial charge on any atom is 0.234 e. The van der Waals surface area contributed by atoms with E-state index in [4.69, 9.17) is 4.74 Å². The van der Waals surface area contributed by atoms with E-state index < -0.39 is 0 Å². The second-order valence-electron chi connectivity index (χ2n) is 5.75. The quantitative estimate of drug-likeness (QED) is 0.805. The first-order valence-electron chi connectivity index (χ1n) is 8.16. The highest BCUT2D eigenvalue weighted by molar-refractivity contribution is 8.00. The Balaban J connectivity index is 1.48. The summed E-state index contributed by atoms with van der Waals surface area (Å²) in [6.45, 7) is 2.26. The summed E-state index contributed by atoms with van der Waals surface area (Å²) in [4.78, 5) is 15.5. The van der Waals surface area contributed by atoms with Crippen LogP contribution >= 0.6 is 11.8 Å². The SMILES string of the molecule is COc1ccc(SCC(=O)Nc2ccc(N3CCCC3)cc2)cc1. The first-order valence-corrected chi connectivity index (χ1v) is 9.15. The summed E-state index contributed by atoms with van der Waals surface area (Å²) in [6, 6.07) is 15.8. The van der Waals surface area contributed by atoms with Crippen molar-refractivity contribution in [1.82, 2.24) is 0 Å². The summed E-state index contributed by atoms with van der Waals surface area (Å²) in [5.41, 5.74) is 2.08. The van der Waals surface area contributed by atoms with Crippen LogP contribution in [0.3, 0.4) is 0 Å². The molecular weight excluding hydrogens is 320 g/mol. The van der Waals surface area contributed by atoms with Crippen LogP contribution in [0, 0.1) is 0 Å². The fourth-order valence-corrected chi connectivity index (χ4v) is 3.45. The number of nitrogens with one attached hydrogen (secondary N) is 1. The van der Waals surface area contributed by atoms with E-state index in [0.717, 1.165) is 29.4 Å². The Kier molecular flexibility index (Phi) is 5.64. The number of carbonyl (C=O) groups is 1. The van der Waals surface area contributed by atoms with Gasteiger partial charge in [0.15, 0.2) is 0 Å². The maximum atomic E-state index is 12.1. The van der Waals surface area contributed by atoms with Gasteiger partial charge in [0.05, 0.1) is 12.9 Å². The number of nitrogens with zero attached hydrogens (tertiary/aromatic N) is 1. The number of methoxy groups -OCH3 is 1. The van der Waals surface area contributed by atoms with Crippen molar-refractivity contribution < 1.29 is 9.53 Å². The first-order chi connectivity index (χ1) is 11.7. The van der Waals surface area contributed by atoms with Gasteiger partial charge in [0, 0.05) is 29.4 Å². The molecule has 1 saturated heterocycles. The van der Waals surface area contributed by atoms with E-state index in [2.05, 4.69) is 22.3 Å². The molecule has 2 aromatic carbocycles. The van der Waals surface area contributed by atoms with Crippen molar-refractivity contribution in [2.24, 2.45) is 0 Å². The Morgan fingerprint density at radius 1 is 1.08 bits per heavy atom. The van der Waals surface area contributed by atoms with Gasteiger partial charge in [-0.05, 0) is 61.4 Å². The number of amides is 1. The van der Waals surface area contributed by atoms with Crippen LogP contribution < -0.4 is 15.0 Å². The normalized spacial score (nSPS) is 13.8. The van der Waals surface area contributed by atoms with Crippen molar-refractivity contribution in [3.8, 4) is 5.75 Å². The number of hydrogen-bond donors (Lipinski definition) is 1. The van der Waals surface area contributed by atoms with Crippen LogP contribution in [-0.2, 0) is 4.79 Å². The number of carbonyl (C=O) groups excluding carboxylic acids is 1. The molecule has 126 valence electrons. The molecule has 4 nitrogen and oxygen atoms in total. The first kappa shape index (κ1) is 16.7. The summed E-state index contributed by atoms with van der Waals surface area (Å²) < 4.78 is 5.13. The zero-order valence-electron chi connectivity index (χ0n) is 13.8.